The Morgan fingerprint density at radius 3 is 2.19 bits per heavy atom. The topological polar surface area (TPSA) is 66.5 Å². The summed E-state index contributed by atoms with van der Waals surface area (Å²) in [4.78, 5) is 12.6. The lowest BCUT2D eigenvalue weighted by Gasteiger charge is -2.24. The minimum absolute atomic E-state index is 0.0359. The van der Waals surface area contributed by atoms with Crippen LogP contribution in [0.25, 0.3) is 0 Å². The number of amides is 1. The van der Waals surface area contributed by atoms with Crippen LogP contribution in [0.3, 0.4) is 0 Å². The Morgan fingerprint density at radius 2 is 1.55 bits per heavy atom. The summed E-state index contributed by atoms with van der Waals surface area (Å²) in [7, 11) is -3.63. The molecule has 0 atom stereocenters. The average molecular weight is 498 g/mol. The van der Waals surface area contributed by atoms with Crippen molar-refractivity contribution in [2.75, 3.05) is 15.9 Å². The number of halogens is 3. The van der Waals surface area contributed by atoms with Gasteiger partial charge in [-0.15, -0.1) is 0 Å². The third-order valence-corrected chi connectivity index (χ3v) is 7.00. The summed E-state index contributed by atoms with van der Waals surface area (Å²) in [5.74, 6) is -0.297. The van der Waals surface area contributed by atoms with Crippen LogP contribution in [0.15, 0.2) is 60.7 Å². The molecule has 31 heavy (non-hydrogen) atoms. The Balaban J connectivity index is 1.82. The maximum atomic E-state index is 12.6. The van der Waals surface area contributed by atoms with E-state index in [-0.39, 0.29) is 28.2 Å². The molecule has 5 nitrogen and oxygen atoms in total. The van der Waals surface area contributed by atoms with Crippen molar-refractivity contribution in [2.45, 2.75) is 13.5 Å². The van der Waals surface area contributed by atoms with Gasteiger partial charge in [0.2, 0.25) is 10.0 Å². The van der Waals surface area contributed by atoms with Crippen LogP contribution in [0.5, 0.6) is 0 Å². The third kappa shape index (κ3) is 5.52. The second-order valence-corrected chi connectivity index (χ2v) is 10.0. The molecule has 3 aromatic carbocycles. The molecule has 3 aromatic rings. The lowest BCUT2D eigenvalue weighted by Crippen LogP contribution is -2.29. The van der Waals surface area contributed by atoms with Gasteiger partial charge in [-0.3, -0.25) is 9.10 Å². The van der Waals surface area contributed by atoms with E-state index in [1.165, 1.54) is 4.31 Å². The number of carbonyl (C=O) groups is 1. The second-order valence-electron chi connectivity index (χ2n) is 6.91. The van der Waals surface area contributed by atoms with Crippen LogP contribution in [0, 0.1) is 6.92 Å². The maximum Gasteiger partial charge on any atom is 0.255 e. The summed E-state index contributed by atoms with van der Waals surface area (Å²) < 4.78 is 25.9. The molecule has 1 N–H and O–H groups in total. The zero-order valence-corrected chi connectivity index (χ0v) is 19.8. The smallest absolute Gasteiger partial charge is 0.255 e. The van der Waals surface area contributed by atoms with E-state index in [0.717, 1.165) is 11.8 Å². The van der Waals surface area contributed by atoms with Crippen LogP contribution >= 0.6 is 34.8 Å². The standard InChI is InChI=1S/C22H19Cl3N2O3S/c1-14-17(23)5-3-7-19(14)26-22(28)16-11-9-15(10-12-16)13-27(31(2,29)30)20-8-4-6-18(24)21(20)25/h3-12H,13H2,1-2H3,(H,26,28). The molecule has 0 fully saturated rings. The number of carbonyl (C=O) groups excluding carboxylic acids is 1. The summed E-state index contributed by atoms with van der Waals surface area (Å²) in [6.45, 7) is 1.86. The molecule has 0 aliphatic heterocycles. The van der Waals surface area contributed by atoms with Gasteiger partial charge in [-0.05, 0) is 54.4 Å². The molecule has 0 unspecified atom stereocenters. The van der Waals surface area contributed by atoms with Crippen molar-refractivity contribution in [3.63, 3.8) is 0 Å². The molecule has 0 saturated carbocycles. The van der Waals surface area contributed by atoms with E-state index in [1.54, 1.807) is 60.7 Å². The minimum atomic E-state index is -3.63. The highest BCUT2D eigenvalue weighted by molar-refractivity contribution is 7.92. The number of anilines is 2. The fourth-order valence-electron chi connectivity index (χ4n) is 2.93. The molecule has 0 radical (unpaired) electrons. The lowest BCUT2D eigenvalue weighted by molar-refractivity contribution is 0.102. The highest BCUT2D eigenvalue weighted by Gasteiger charge is 2.21. The summed E-state index contributed by atoms with van der Waals surface area (Å²) >= 11 is 18.4. The number of benzene rings is 3. The van der Waals surface area contributed by atoms with E-state index in [9.17, 15) is 13.2 Å². The van der Waals surface area contributed by atoms with Crippen LogP contribution < -0.4 is 9.62 Å². The highest BCUT2D eigenvalue weighted by atomic mass is 35.5. The third-order valence-electron chi connectivity index (χ3n) is 4.66. The first kappa shape index (κ1) is 23.4. The Bertz CT molecular complexity index is 1230. The van der Waals surface area contributed by atoms with E-state index in [4.69, 9.17) is 34.8 Å². The summed E-state index contributed by atoms with van der Waals surface area (Å²) in [5.41, 5.74) is 2.79. The normalized spacial score (nSPS) is 11.3. The molecule has 0 aliphatic carbocycles. The predicted octanol–water partition coefficient (Wildman–Crippen LogP) is 6.17. The molecular weight excluding hydrogens is 479 g/mol. The zero-order valence-electron chi connectivity index (χ0n) is 16.7. The summed E-state index contributed by atoms with van der Waals surface area (Å²) in [5, 5.41) is 3.81. The fourth-order valence-corrected chi connectivity index (χ4v) is 4.45. The number of nitrogens with zero attached hydrogens (tertiary/aromatic N) is 1. The van der Waals surface area contributed by atoms with Crippen LogP contribution in [-0.4, -0.2) is 20.6 Å². The number of nitrogens with one attached hydrogen (secondary N) is 1. The molecule has 0 heterocycles. The van der Waals surface area contributed by atoms with Crippen molar-refractivity contribution in [1.82, 2.24) is 0 Å². The van der Waals surface area contributed by atoms with Gasteiger partial charge >= 0.3 is 0 Å². The van der Waals surface area contributed by atoms with Crippen molar-refractivity contribution in [1.29, 1.82) is 0 Å². The second kappa shape index (κ2) is 9.49. The Hall–Kier alpha value is -2.25. The molecule has 9 heteroatoms. The van der Waals surface area contributed by atoms with E-state index in [0.29, 0.717) is 21.8 Å². The highest BCUT2D eigenvalue weighted by Crippen LogP contribution is 2.34. The Labute approximate surface area is 196 Å². The molecule has 0 aromatic heterocycles. The van der Waals surface area contributed by atoms with E-state index >= 15 is 0 Å². The van der Waals surface area contributed by atoms with Crippen molar-refractivity contribution in [3.05, 3.63) is 92.4 Å². The minimum Gasteiger partial charge on any atom is -0.322 e. The number of hydrogen-bond donors (Lipinski definition) is 1. The van der Waals surface area contributed by atoms with Crippen molar-refractivity contribution < 1.29 is 13.2 Å². The predicted molar refractivity (Wildman–Crippen MR) is 128 cm³/mol. The maximum absolute atomic E-state index is 12.6. The van der Waals surface area contributed by atoms with Gasteiger partial charge in [-0.1, -0.05) is 59.1 Å². The largest absolute Gasteiger partial charge is 0.322 e. The van der Waals surface area contributed by atoms with E-state index < -0.39 is 10.0 Å². The van der Waals surface area contributed by atoms with E-state index in [2.05, 4.69) is 5.32 Å². The van der Waals surface area contributed by atoms with Crippen molar-refractivity contribution >= 4 is 62.1 Å². The van der Waals surface area contributed by atoms with Gasteiger partial charge in [0.15, 0.2) is 0 Å². The van der Waals surface area contributed by atoms with Crippen LogP contribution in [-0.2, 0) is 16.6 Å². The molecule has 1 amide bonds. The van der Waals surface area contributed by atoms with Crippen molar-refractivity contribution in [2.24, 2.45) is 0 Å². The first-order chi connectivity index (χ1) is 14.6. The van der Waals surface area contributed by atoms with Crippen LogP contribution in [0.2, 0.25) is 15.1 Å². The molecule has 162 valence electrons. The van der Waals surface area contributed by atoms with Gasteiger partial charge in [0.05, 0.1) is 28.5 Å². The molecule has 0 aliphatic rings. The number of hydrogen-bond acceptors (Lipinski definition) is 3. The van der Waals surface area contributed by atoms with Crippen LogP contribution in [0.4, 0.5) is 11.4 Å². The summed E-state index contributed by atoms with van der Waals surface area (Å²) in [6.07, 6.45) is 1.10. The summed E-state index contributed by atoms with van der Waals surface area (Å²) in [6, 6.07) is 16.7. The first-order valence-corrected chi connectivity index (χ1v) is 12.1. The van der Waals surface area contributed by atoms with Gasteiger partial charge in [0.25, 0.3) is 5.91 Å². The molecular formula is C22H19Cl3N2O3S. The Kier molecular flexibility index (Phi) is 7.17. The average Bonchev–Trinajstić information content (AvgIpc) is 2.71. The van der Waals surface area contributed by atoms with Crippen LogP contribution in [0.1, 0.15) is 21.5 Å². The SMILES string of the molecule is Cc1c(Cl)cccc1NC(=O)c1ccc(CN(c2cccc(Cl)c2Cl)S(C)(=O)=O)cc1. The van der Waals surface area contributed by atoms with Gasteiger partial charge in [0.1, 0.15) is 0 Å². The van der Waals surface area contributed by atoms with E-state index in [1.807, 2.05) is 6.92 Å². The zero-order chi connectivity index (χ0) is 22.8. The van der Waals surface area contributed by atoms with Crippen molar-refractivity contribution in [3.8, 4) is 0 Å². The first-order valence-electron chi connectivity index (χ1n) is 9.15. The molecule has 0 saturated heterocycles. The van der Waals surface area contributed by atoms with Gasteiger partial charge in [-0.25, -0.2) is 8.42 Å². The fraction of sp³-hybridized carbons (Fsp3) is 0.136. The number of sulfonamides is 1. The Morgan fingerprint density at radius 1 is 0.935 bits per heavy atom. The quantitative estimate of drug-likeness (QED) is 0.442. The van der Waals surface area contributed by atoms with Gasteiger partial charge < -0.3 is 5.32 Å². The number of rotatable bonds is 6. The van der Waals surface area contributed by atoms with Gasteiger partial charge in [-0.2, -0.15) is 0 Å². The lowest BCUT2D eigenvalue weighted by atomic mass is 10.1. The molecule has 3 rings (SSSR count). The monoisotopic (exact) mass is 496 g/mol. The molecule has 0 bridgehead atoms. The molecule has 0 spiro atoms. The van der Waals surface area contributed by atoms with Gasteiger partial charge in [0, 0.05) is 16.3 Å².